The molecule has 0 spiro atoms. The molecule has 24 heavy (non-hydrogen) atoms. The van der Waals surface area contributed by atoms with Crippen LogP contribution in [0.3, 0.4) is 0 Å². The molecule has 0 aliphatic heterocycles. The highest BCUT2D eigenvalue weighted by molar-refractivity contribution is 5.21. The summed E-state index contributed by atoms with van der Waals surface area (Å²) in [4.78, 5) is 0. The van der Waals surface area contributed by atoms with Crippen molar-refractivity contribution in [1.29, 1.82) is 0 Å². The summed E-state index contributed by atoms with van der Waals surface area (Å²) in [7, 11) is 0. The minimum atomic E-state index is -5.04. The van der Waals surface area contributed by atoms with Crippen molar-refractivity contribution < 1.29 is 27.1 Å². The van der Waals surface area contributed by atoms with Gasteiger partial charge < -0.3 is 5.11 Å². The van der Waals surface area contributed by atoms with E-state index >= 15 is 0 Å². The van der Waals surface area contributed by atoms with Gasteiger partial charge in [0, 0.05) is 11.5 Å². The molecule has 1 N–H and O–H groups in total. The zero-order valence-electron chi connectivity index (χ0n) is 12.6. The van der Waals surface area contributed by atoms with E-state index in [2.05, 4.69) is 16.9 Å². The van der Waals surface area contributed by atoms with Gasteiger partial charge in [-0.3, -0.25) is 0 Å². The van der Waals surface area contributed by atoms with Crippen molar-refractivity contribution in [3.63, 3.8) is 0 Å². The molecule has 2 aromatic rings. The highest BCUT2D eigenvalue weighted by atomic mass is 19.4. The predicted molar refractivity (Wildman–Crippen MR) is 74.8 cm³/mol. The quantitative estimate of drug-likeness (QED) is 0.668. The average Bonchev–Trinajstić information content (AvgIpc) is 2.97. The molecule has 0 saturated heterocycles. The lowest BCUT2D eigenvalue weighted by atomic mass is 9.85. The Morgan fingerprint density at radius 2 is 1.88 bits per heavy atom. The molecule has 2 atom stereocenters. The molecule has 0 bridgehead atoms. The fraction of sp³-hybridized carbons (Fsp3) is 0.333. The summed E-state index contributed by atoms with van der Waals surface area (Å²) < 4.78 is 67.9. The first-order valence-electron chi connectivity index (χ1n) is 6.86. The predicted octanol–water partition coefficient (Wildman–Crippen LogP) is 3.18. The normalized spacial score (nSPS) is 15.8. The fourth-order valence-electron chi connectivity index (χ4n) is 2.20. The van der Waals surface area contributed by atoms with Crippen LogP contribution >= 0.6 is 0 Å². The molecule has 4 nitrogen and oxygen atoms in total. The Balaban J connectivity index is 2.40. The molecule has 1 aromatic carbocycles. The van der Waals surface area contributed by atoms with E-state index in [1.165, 1.54) is 0 Å². The van der Waals surface area contributed by atoms with Crippen molar-refractivity contribution in [3.05, 3.63) is 59.9 Å². The number of nitrogens with zero attached hydrogens (tertiary/aromatic N) is 3. The van der Waals surface area contributed by atoms with Gasteiger partial charge in [0.05, 0.1) is 12.7 Å². The van der Waals surface area contributed by atoms with Crippen LogP contribution in [0.25, 0.3) is 0 Å². The van der Waals surface area contributed by atoms with Gasteiger partial charge in [-0.15, -0.1) is 11.7 Å². The number of hydrogen-bond acceptors (Lipinski definition) is 3. The lowest BCUT2D eigenvalue weighted by Gasteiger charge is -2.32. The van der Waals surface area contributed by atoms with Gasteiger partial charge in [-0.05, 0) is 12.1 Å². The molecule has 1 heterocycles. The number of benzene rings is 1. The maximum Gasteiger partial charge on any atom is 0.423 e. The molecule has 9 heteroatoms. The van der Waals surface area contributed by atoms with Crippen LogP contribution in [0, 0.1) is 17.6 Å². The third kappa shape index (κ3) is 3.03. The van der Waals surface area contributed by atoms with Crippen molar-refractivity contribution in [2.75, 3.05) is 0 Å². The molecule has 0 saturated carbocycles. The van der Waals surface area contributed by atoms with Gasteiger partial charge in [0.25, 0.3) is 0 Å². The maximum atomic E-state index is 13.6. The van der Waals surface area contributed by atoms with Crippen molar-refractivity contribution in [3.8, 4) is 0 Å². The van der Waals surface area contributed by atoms with E-state index < -0.39 is 41.6 Å². The molecular formula is C15H14F5N3O. The molecule has 0 radical (unpaired) electrons. The Morgan fingerprint density at radius 1 is 1.29 bits per heavy atom. The minimum absolute atomic E-state index is 0.374. The molecule has 0 amide bonds. The number of rotatable bonds is 5. The fourth-order valence-corrected chi connectivity index (χ4v) is 2.20. The smallest absolute Gasteiger partial charge is 0.375 e. The molecule has 2 rings (SSSR count). The van der Waals surface area contributed by atoms with Gasteiger partial charge in [0.15, 0.2) is 0 Å². The number of halogens is 5. The van der Waals surface area contributed by atoms with Crippen molar-refractivity contribution >= 4 is 0 Å². The van der Waals surface area contributed by atoms with E-state index in [1.54, 1.807) is 0 Å². The minimum Gasteiger partial charge on any atom is -0.375 e. The van der Waals surface area contributed by atoms with Crippen molar-refractivity contribution in [1.82, 2.24) is 15.0 Å². The van der Waals surface area contributed by atoms with Crippen LogP contribution in [-0.4, -0.2) is 26.3 Å². The van der Waals surface area contributed by atoms with Gasteiger partial charge in [-0.25, -0.2) is 13.5 Å². The third-order valence-corrected chi connectivity index (χ3v) is 3.76. The molecule has 0 aliphatic carbocycles. The SMILES string of the molecule is C=CC(C)C(O)(c1cn(Cc2c(F)cccc2F)nn1)C(F)(F)F. The van der Waals surface area contributed by atoms with Crippen LogP contribution in [0.4, 0.5) is 22.0 Å². The van der Waals surface area contributed by atoms with Gasteiger partial charge in [0.1, 0.15) is 17.3 Å². The van der Waals surface area contributed by atoms with Crippen LogP contribution in [0.2, 0.25) is 0 Å². The van der Waals surface area contributed by atoms with Gasteiger partial charge in [-0.2, -0.15) is 13.2 Å². The second kappa shape index (κ2) is 6.31. The van der Waals surface area contributed by atoms with E-state index in [0.29, 0.717) is 0 Å². The number of hydrogen-bond donors (Lipinski definition) is 1. The van der Waals surface area contributed by atoms with Gasteiger partial charge in [0.2, 0.25) is 5.60 Å². The Labute approximate surface area is 134 Å². The standard InChI is InChI=1S/C15H14F5N3O/c1-3-9(2)14(24,15(18,19)20)13-8-23(22-21-13)7-10-11(16)5-4-6-12(10)17/h3-6,8-9,24H,1,7H2,2H3. The summed E-state index contributed by atoms with van der Waals surface area (Å²) in [6.07, 6.45) is -3.30. The number of aliphatic hydroxyl groups is 1. The second-order valence-corrected chi connectivity index (χ2v) is 5.29. The summed E-state index contributed by atoms with van der Waals surface area (Å²) in [5.41, 5.74) is -4.46. The first-order valence-corrected chi connectivity index (χ1v) is 6.86. The Bertz CT molecular complexity index is 723. The Hall–Kier alpha value is -2.29. The molecule has 2 unspecified atom stereocenters. The number of alkyl halides is 3. The van der Waals surface area contributed by atoms with E-state index in [-0.39, 0.29) is 5.56 Å². The zero-order chi connectivity index (χ0) is 18.1. The molecule has 1 aromatic heterocycles. The summed E-state index contributed by atoms with van der Waals surface area (Å²) >= 11 is 0. The second-order valence-electron chi connectivity index (χ2n) is 5.29. The van der Waals surface area contributed by atoms with Crippen LogP contribution in [0.1, 0.15) is 18.2 Å². The third-order valence-electron chi connectivity index (χ3n) is 3.76. The lowest BCUT2D eigenvalue weighted by molar-refractivity contribution is -0.281. The summed E-state index contributed by atoms with van der Waals surface area (Å²) in [5, 5.41) is 16.9. The van der Waals surface area contributed by atoms with Crippen LogP contribution in [0.5, 0.6) is 0 Å². The maximum absolute atomic E-state index is 13.6. The first kappa shape index (κ1) is 18.1. The lowest BCUT2D eigenvalue weighted by Crippen LogP contribution is -2.47. The molecule has 0 aliphatic rings. The van der Waals surface area contributed by atoms with E-state index in [9.17, 15) is 27.1 Å². The van der Waals surface area contributed by atoms with E-state index in [4.69, 9.17) is 0 Å². The van der Waals surface area contributed by atoms with Crippen molar-refractivity contribution in [2.45, 2.75) is 25.2 Å². The highest BCUT2D eigenvalue weighted by Crippen LogP contribution is 2.43. The molecule has 130 valence electrons. The topological polar surface area (TPSA) is 50.9 Å². The summed E-state index contributed by atoms with van der Waals surface area (Å²) in [6.45, 7) is 3.90. The van der Waals surface area contributed by atoms with Gasteiger partial charge >= 0.3 is 6.18 Å². The van der Waals surface area contributed by atoms with E-state index in [0.717, 1.165) is 42.1 Å². The number of aromatic nitrogens is 3. The summed E-state index contributed by atoms with van der Waals surface area (Å²) in [5.74, 6) is -3.14. The Kier molecular flexibility index (Phi) is 4.75. The largest absolute Gasteiger partial charge is 0.423 e. The Morgan fingerprint density at radius 3 is 2.38 bits per heavy atom. The van der Waals surface area contributed by atoms with Gasteiger partial charge in [-0.1, -0.05) is 24.3 Å². The molecular weight excluding hydrogens is 333 g/mol. The molecule has 0 fully saturated rings. The highest BCUT2D eigenvalue weighted by Gasteiger charge is 2.59. The van der Waals surface area contributed by atoms with Crippen molar-refractivity contribution in [2.24, 2.45) is 5.92 Å². The van der Waals surface area contributed by atoms with Crippen LogP contribution < -0.4 is 0 Å². The first-order chi connectivity index (χ1) is 11.1. The zero-order valence-corrected chi connectivity index (χ0v) is 12.6. The van der Waals surface area contributed by atoms with Crippen LogP contribution in [0.15, 0.2) is 37.1 Å². The monoisotopic (exact) mass is 347 g/mol. The summed E-state index contributed by atoms with van der Waals surface area (Å²) in [6, 6.07) is 3.19. The average molecular weight is 347 g/mol. The van der Waals surface area contributed by atoms with Crippen LogP contribution in [-0.2, 0) is 12.1 Å². The van der Waals surface area contributed by atoms with E-state index in [1.807, 2.05) is 0 Å².